The lowest BCUT2D eigenvalue weighted by Gasteiger charge is -2.57. The summed E-state index contributed by atoms with van der Waals surface area (Å²) < 4.78 is 2.11. The summed E-state index contributed by atoms with van der Waals surface area (Å²) in [6.07, 6.45) is 7.93. The standard InChI is InChI=1S/C15H21N3O/c1-9-2-13(19)14(16)17-18(9)15-6-10-3-11(7-15)5-12(4-10)8-15/h2,10-12H,3-8H2,1H3,(H2,16,17). The van der Waals surface area contributed by atoms with Crippen molar-refractivity contribution in [1.29, 1.82) is 0 Å². The zero-order valence-electron chi connectivity index (χ0n) is 11.4. The largest absolute Gasteiger partial charge is 0.379 e. The Kier molecular flexibility index (Phi) is 2.19. The lowest BCUT2D eigenvalue weighted by atomic mass is 9.53. The van der Waals surface area contributed by atoms with Gasteiger partial charge in [-0.05, 0) is 63.2 Å². The molecule has 2 N–H and O–H groups in total. The number of anilines is 1. The fourth-order valence-corrected chi connectivity index (χ4v) is 5.37. The average Bonchev–Trinajstić information content (AvgIpc) is 2.32. The molecule has 4 nitrogen and oxygen atoms in total. The van der Waals surface area contributed by atoms with Crippen LogP contribution in [-0.4, -0.2) is 9.78 Å². The highest BCUT2D eigenvalue weighted by molar-refractivity contribution is 5.27. The van der Waals surface area contributed by atoms with Crippen LogP contribution in [0.15, 0.2) is 10.9 Å². The molecule has 4 saturated carbocycles. The lowest BCUT2D eigenvalue weighted by molar-refractivity contribution is -0.0510. The van der Waals surface area contributed by atoms with Crippen molar-refractivity contribution >= 4 is 5.82 Å². The summed E-state index contributed by atoms with van der Waals surface area (Å²) in [7, 11) is 0. The van der Waals surface area contributed by atoms with Gasteiger partial charge in [0, 0.05) is 11.8 Å². The Morgan fingerprint density at radius 3 is 2.26 bits per heavy atom. The first-order valence-electron chi connectivity index (χ1n) is 7.43. The molecule has 4 aliphatic rings. The van der Waals surface area contributed by atoms with Crippen LogP contribution in [0.5, 0.6) is 0 Å². The summed E-state index contributed by atoms with van der Waals surface area (Å²) in [4.78, 5) is 11.6. The highest BCUT2D eigenvalue weighted by atomic mass is 16.1. The van der Waals surface area contributed by atoms with Crippen molar-refractivity contribution in [2.24, 2.45) is 17.8 Å². The molecule has 0 unspecified atom stereocenters. The minimum absolute atomic E-state index is 0.140. The summed E-state index contributed by atoms with van der Waals surface area (Å²) in [5.41, 5.74) is 6.75. The smallest absolute Gasteiger partial charge is 0.224 e. The third-order valence-corrected chi connectivity index (χ3v) is 5.59. The number of nitrogens with zero attached hydrogens (tertiary/aromatic N) is 2. The van der Waals surface area contributed by atoms with Gasteiger partial charge in [0.1, 0.15) is 0 Å². The third-order valence-electron chi connectivity index (χ3n) is 5.59. The first kappa shape index (κ1) is 11.5. The predicted octanol–water partition coefficient (Wildman–Crippen LogP) is 2.06. The van der Waals surface area contributed by atoms with Crippen LogP contribution in [0.1, 0.15) is 44.2 Å². The molecule has 0 aromatic carbocycles. The minimum Gasteiger partial charge on any atom is -0.379 e. The van der Waals surface area contributed by atoms with Crippen LogP contribution in [0.25, 0.3) is 0 Å². The topological polar surface area (TPSA) is 60.9 Å². The van der Waals surface area contributed by atoms with Crippen LogP contribution in [0, 0.1) is 24.7 Å². The van der Waals surface area contributed by atoms with Crippen molar-refractivity contribution in [2.75, 3.05) is 5.73 Å². The first-order chi connectivity index (χ1) is 9.06. The van der Waals surface area contributed by atoms with E-state index in [1.807, 2.05) is 6.92 Å². The van der Waals surface area contributed by atoms with Crippen molar-refractivity contribution in [3.8, 4) is 0 Å². The summed E-state index contributed by atoms with van der Waals surface area (Å²) in [6.45, 7) is 1.99. The molecule has 19 heavy (non-hydrogen) atoms. The van der Waals surface area contributed by atoms with E-state index in [0.29, 0.717) is 0 Å². The van der Waals surface area contributed by atoms with Crippen molar-refractivity contribution in [1.82, 2.24) is 9.78 Å². The monoisotopic (exact) mass is 259 g/mol. The van der Waals surface area contributed by atoms with Gasteiger partial charge in [0.15, 0.2) is 5.82 Å². The maximum atomic E-state index is 11.6. The quantitative estimate of drug-likeness (QED) is 0.839. The molecule has 4 aliphatic carbocycles. The van der Waals surface area contributed by atoms with Crippen LogP contribution in [0.2, 0.25) is 0 Å². The maximum absolute atomic E-state index is 11.6. The van der Waals surface area contributed by atoms with Gasteiger partial charge in [-0.2, -0.15) is 5.10 Å². The van der Waals surface area contributed by atoms with E-state index in [9.17, 15) is 4.79 Å². The van der Waals surface area contributed by atoms with E-state index in [-0.39, 0.29) is 16.8 Å². The number of aromatic nitrogens is 2. The Morgan fingerprint density at radius 1 is 1.21 bits per heavy atom. The van der Waals surface area contributed by atoms with Gasteiger partial charge in [-0.1, -0.05) is 0 Å². The molecule has 4 heteroatoms. The summed E-state index contributed by atoms with van der Waals surface area (Å²) in [6, 6.07) is 1.65. The molecule has 0 spiro atoms. The van der Waals surface area contributed by atoms with E-state index in [4.69, 9.17) is 5.73 Å². The van der Waals surface area contributed by atoms with Crippen molar-refractivity contribution in [3.05, 3.63) is 22.0 Å². The van der Waals surface area contributed by atoms with Gasteiger partial charge in [0.2, 0.25) is 5.43 Å². The predicted molar refractivity (Wildman–Crippen MR) is 73.8 cm³/mol. The van der Waals surface area contributed by atoms with Gasteiger partial charge in [-0.25, -0.2) is 0 Å². The normalized spacial score (nSPS) is 39.7. The Bertz CT molecular complexity index is 554. The van der Waals surface area contributed by atoms with Gasteiger partial charge in [0.25, 0.3) is 0 Å². The van der Waals surface area contributed by atoms with E-state index in [2.05, 4.69) is 9.78 Å². The van der Waals surface area contributed by atoms with Gasteiger partial charge in [-0.15, -0.1) is 0 Å². The summed E-state index contributed by atoms with van der Waals surface area (Å²) in [5.74, 6) is 2.76. The van der Waals surface area contributed by atoms with Crippen molar-refractivity contribution in [3.63, 3.8) is 0 Å². The number of aryl methyl sites for hydroxylation is 1. The second-order valence-corrected chi connectivity index (χ2v) is 7.09. The zero-order valence-corrected chi connectivity index (χ0v) is 11.4. The molecular formula is C15H21N3O. The fraction of sp³-hybridized carbons (Fsp3) is 0.733. The second kappa shape index (κ2) is 3.62. The van der Waals surface area contributed by atoms with Gasteiger partial charge < -0.3 is 5.73 Å². The number of nitrogen functional groups attached to an aromatic ring is 1. The molecule has 5 rings (SSSR count). The van der Waals surface area contributed by atoms with Crippen LogP contribution >= 0.6 is 0 Å². The van der Waals surface area contributed by atoms with Crippen LogP contribution in [0.4, 0.5) is 5.82 Å². The van der Waals surface area contributed by atoms with E-state index in [1.54, 1.807) is 6.07 Å². The Morgan fingerprint density at radius 2 is 1.74 bits per heavy atom. The van der Waals surface area contributed by atoms with E-state index >= 15 is 0 Å². The Balaban J connectivity index is 1.83. The van der Waals surface area contributed by atoms with E-state index < -0.39 is 0 Å². The molecule has 1 aromatic heterocycles. The van der Waals surface area contributed by atoms with E-state index in [0.717, 1.165) is 23.4 Å². The molecule has 0 atom stereocenters. The minimum atomic E-state index is -0.140. The molecule has 0 amide bonds. The third kappa shape index (κ3) is 1.58. The molecule has 102 valence electrons. The van der Waals surface area contributed by atoms with Gasteiger partial charge >= 0.3 is 0 Å². The molecule has 0 saturated heterocycles. The van der Waals surface area contributed by atoms with Crippen molar-refractivity contribution < 1.29 is 0 Å². The number of nitrogens with two attached hydrogens (primary N) is 1. The fourth-order valence-electron chi connectivity index (χ4n) is 5.37. The van der Waals surface area contributed by atoms with Crippen molar-refractivity contribution in [2.45, 2.75) is 51.0 Å². The zero-order chi connectivity index (χ0) is 13.2. The SMILES string of the molecule is Cc1cc(=O)c(N)nn1C12CC3CC(CC(C3)C1)C2. The first-order valence-corrected chi connectivity index (χ1v) is 7.43. The highest BCUT2D eigenvalue weighted by Gasteiger charge is 2.52. The Hall–Kier alpha value is -1.32. The van der Waals surface area contributed by atoms with E-state index in [1.165, 1.54) is 38.5 Å². The summed E-state index contributed by atoms with van der Waals surface area (Å²) >= 11 is 0. The second-order valence-electron chi connectivity index (χ2n) is 7.09. The molecule has 1 heterocycles. The highest BCUT2D eigenvalue weighted by Crippen LogP contribution is 2.58. The van der Waals surface area contributed by atoms with Gasteiger partial charge in [0.05, 0.1) is 5.54 Å². The molecule has 4 fully saturated rings. The summed E-state index contributed by atoms with van der Waals surface area (Å²) in [5, 5.41) is 4.44. The average molecular weight is 259 g/mol. The molecule has 0 aliphatic heterocycles. The molecule has 4 bridgehead atoms. The lowest BCUT2D eigenvalue weighted by Crippen LogP contribution is -2.53. The number of hydrogen-bond acceptors (Lipinski definition) is 3. The molecular weight excluding hydrogens is 238 g/mol. The molecule has 0 radical (unpaired) electrons. The number of rotatable bonds is 1. The Labute approximate surface area is 113 Å². The maximum Gasteiger partial charge on any atom is 0.224 e. The van der Waals surface area contributed by atoms with Gasteiger partial charge in [-0.3, -0.25) is 9.48 Å². The van der Waals surface area contributed by atoms with Crippen LogP contribution in [0.3, 0.4) is 0 Å². The molecule has 1 aromatic rings. The number of hydrogen-bond donors (Lipinski definition) is 1. The van der Waals surface area contributed by atoms with Crippen LogP contribution in [-0.2, 0) is 5.54 Å². The van der Waals surface area contributed by atoms with Crippen LogP contribution < -0.4 is 11.2 Å².